The average Bonchev–Trinajstić information content (AvgIpc) is 3.18. The van der Waals surface area contributed by atoms with E-state index in [2.05, 4.69) is 73.5 Å². The number of para-hydroxylation sites is 1. The number of hydrogen-bond acceptors (Lipinski definition) is 8. The summed E-state index contributed by atoms with van der Waals surface area (Å²) in [5, 5.41) is 18.9. The SMILES string of the molecule is C.CCC(=O)N1Cc2ccccc2C#Cc2ccccc21.CCCC(=O)OC1CC/C=C/CCC1.CCN=[N+]=[N-].CCc1ccc(-c2nnc(C)nn2)cc1. The summed E-state index contributed by atoms with van der Waals surface area (Å²) >= 11 is 0. The standard InChI is InChI=1S/C18H15NO.C12H20O2.C11H12N4.C2H5N3.CH4/c1-2-18(20)19-13-16-9-4-3-7-14(16)11-12-15-8-5-6-10-17(15)19;1-2-8-12(13)14-11-9-6-4-3-5-7-10-11;1-3-9-4-6-10(7-5-9)11-14-12-8(2)13-15-11;1-2-4-5-3;/h3-10H,2,13H2,1H3;3-4,11H,2,5-10H2,1H3;4-7H,3H2,1-2H3;2H2,1H3;1H4/b;4-3+;;;. The zero-order valence-corrected chi connectivity index (χ0v) is 32.2. The number of amides is 1. The van der Waals surface area contributed by atoms with Crippen LogP contribution in [0.15, 0.2) is 90.1 Å². The van der Waals surface area contributed by atoms with Crippen molar-refractivity contribution in [2.24, 2.45) is 5.11 Å². The maximum absolute atomic E-state index is 12.3. The molecule has 1 aliphatic heterocycles. The smallest absolute Gasteiger partial charge is 0.306 e. The van der Waals surface area contributed by atoms with E-state index in [1.807, 2.05) is 79.4 Å². The largest absolute Gasteiger partial charge is 0.462 e. The summed E-state index contributed by atoms with van der Waals surface area (Å²) in [7, 11) is 0. The van der Waals surface area contributed by atoms with Crippen molar-refractivity contribution >= 4 is 17.6 Å². The van der Waals surface area contributed by atoms with Crippen molar-refractivity contribution in [1.29, 1.82) is 0 Å². The van der Waals surface area contributed by atoms with Crippen LogP contribution in [0.2, 0.25) is 0 Å². The first-order valence-electron chi connectivity index (χ1n) is 18.8. The lowest BCUT2D eigenvalue weighted by Gasteiger charge is -2.25. The molecule has 11 nitrogen and oxygen atoms in total. The number of aryl methyl sites for hydroxylation is 2. The Labute approximate surface area is 327 Å². The van der Waals surface area contributed by atoms with Gasteiger partial charge in [0.1, 0.15) is 6.10 Å². The first-order chi connectivity index (χ1) is 26.3. The highest BCUT2D eigenvalue weighted by Crippen LogP contribution is 2.26. The Kier molecular flexibility index (Phi) is 21.4. The molecule has 1 aromatic heterocycles. The van der Waals surface area contributed by atoms with Gasteiger partial charge < -0.3 is 9.64 Å². The van der Waals surface area contributed by atoms with Gasteiger partial charge in [0.15, 0.2) is 5.82 Å². The molecule has 0 saturated carbocycles. The molecule has 0 fully saturated rings. The van der Waals surface area contributed by atoms with Crippen LogP contribution in [0.1, 0.15) is 115 Å². The van der Waals surface area contributed by atoms with E-state index < -0.39 is 0 Å². The number of rotatable bonds is 7. The lowest BCUT2D eigenvalue weighted by molar-refractivity contribution is -0.149. The Morgan fingerprint density at radius 3 is 2.16 bits per heavy atom. The first kappa shape index (κ1) is 45.3. The molecule has 2 heterocycles. The summed E-state index contributed by atoms with van der Waals surface area (Å²) in [6.45, 7) is 10.7. The van der Waals surface area contributed by atoms with E-state index in [4.69, 9.17) is 10.3 Å². The number of carbonyl (C=O) groups excluding carboxylic acids is 2. The number of carbonyl (C=O) groups is 2. The molecule has 6 rings (SSSR count). The minimum atomic E-state index is -0.0259. The molecule has 0 saturated heterocycles. The normalized spacial score (nSPS) is 14.1. The van der Waals surface area contributed by atoms with Crippen molar-refractivity contribution in [2.75, 3.05) is 11.4 Å². The predicted octanol–water partition coefficient (Wildman–Crippen LogP) is 10.3. The molecule has 290 valence electrons. The second kappa shape index (κ2) is 26.0. The maximum Gasteiger partial charge on any atom is 0.306 e. The molecule has 1 amide bonds. The van der Waals surface area contributed by atoms with Gasteiger partial charge in [-0.1, -0.05) is 119 Å². The Morgan fingerprint density at radius 1 is 0.873 bits per heavy atom. The molecule has 1 unspecified atom stereocenters. The summed E-state index contributed by atoms with van der Waals surface area (Å²) in [4.78, 5) is 27.9. The quantitative estimate of drug-likeness (QED) is 0.0457. The van der Waals surface area contributed by atoms with Crippen molar-refractivity contribution in [3.8, 4) is 23.2 Å². The van der Waals surface area contributed by atoms with Gasteiger partial charge in [0.05, 0.1) is 12.2 Å². The average molecular weight is 745 g/mol. The van der Waals surface area contributed by atoms with Gasteiger partial charge in [-0.15, -0.1) is 20.4 Å². The van der Waals surface area contributed by atoms with Crippen LogP contribution in [-0.2, 0) is 27.3 Å². The third kappa shape index (κ3) is 16.0. The fourth-order valence-corrected chi connectivity index (χ4v) is 5.44. The zero-order chi connectivity index (χ0) is 39.0. The van der Waals surface area contributed by atoms with E-state index in [1.165, 1.54) is 5.56 Å². The zero-order valence-electron chi connectivity index (χ0n) is 32.2. The van der Waals surface area contributed by atoms with E-state index >= 15 is 0 Å². The van der Waals surface area contributed by atoms with Crippen molar-refractivity contribution in [1.82, 2.24) is 20.4 Å². The Hall–Kier alpha value is -5.85. The number of nitrogens with zero attached hydrogens (tertiary/aromatic N) is 8. The molecule has 11 heteroatoms. The number of esters is 1. The topological polar surface area (TPSA) is 147 Å². The summed E-state index contributed by atoms with van der Waals surface area (Å²) < 4.78 is 5.39. The van der Waals surface area contributed by atoms with Crippen molar-refractivity contribution in [2.45, 2.75) is 112 Å². The minimum absolute atomic E-state index is 0. The molecule has 0 bridgehead atoms. The highest BCUT2D eigenvalue weighted by atomic mass is 16.5. The van der Waals surface area contributed by atoms with Gasteiger partial charge in [0, 0.05) is 41.0 Å². The second-order valence-corrected chi connectivity index (χ2v) is 12.5. The Morgan fingerprint density at radius 2 is 1.53 bits per heavy atom. The van der Waals surface area contributed by atoms with Crippen LogP contribution < -0.4 is 4.90 Å². The van der Waals surface area contributed by atoms with E-state index in [1.54, 1.807) is 13.8 Å². The van der Waals surface area contributed by atoms with Crippen molar-refractivity contribution in [3.63, 3.8) is 0 Å². The van der Waals surface area contributed by atoms with Gasteiger partial charge >= 0.3 is 5.97 Å². The molecule has 0 N–H and O–H groups in total. The van der Waals surface area contributed by atoms with Crippen molar-refractivity contribution < 1.29 is 14.3 Å². The molecule has 55 heavy (non-hydrogen) atoms. The van der Waals surface area contributed by atoms with Gasteiger partial charge in [0.2, 0.25) is 11.7 Å². The molecular weight excluding hydrogens is 689 g/mol. The van der Waals surface area contributed by atoms with E-state index in [0.717, 1.165) is 72.9 Å². The molecule has 4 aromatic rings. The van der Waals surface area contributed by atoms with Gasteiger partial charge in [-0.25, -0.2) is 0 Å². The van der Waals surface area contributed by atoms with Crippen molar-refractivity contribution in [3.05, 3.63) is 123 Å². The molecular formula is C44H56N8O3. The Bertz CT molecular complexity index is 1890. The van der Waals surface area contributed by atoms with Crippen LogP contribution in [0.4, 0.5) is 5.69 Å². The fourth-order valence-electron chi connectivity index (χ4n) is 5.44. The summed E-state index contributed by atoms with van der Waals surface area (Å²) in [6.07, 6.45) is 12.9. The van der Waals surface area contributed by atoms with Crippen LogP contribution in [0.3, 0.4) is 0 Å². The van der Waals surface area contributed by atoms with Crippen LogP contribution in [-0.4, -0.2) is 44.9 Å². The number of hydrogen-bond donors (Lipinski definition) is 0. The van der Waals surface area contributed by atoms with Crippen LogP contribution >= 0.6 is 0 Å². The lowest BCUT2D eigenvalue weighted by atomic mass is 10.0. The number of aromatic nitrogens is 4. The number of fused-ring (bicyclic) bond motifs is 2. The molecule has 2 aliphatic rings. The lowest BCUT2D eigenvalue weighted by Crippen LogP contribution is -2.31. The highest BCUT2D eigenvalue weighted by Gasteiger charge is 2.19. The number of benzene rings is 3. The second-order valence-electron chi connectivity index (χ2n) is 12.5. The number of ether oxygens (including phenoxy) is 1. The van der Waals surface area contributed by atoms with E-state index in [-0.39, 0.29) is 25.4 Å². The highest BCUT2D eigenvalue weighted by molar-refractivity contribution is 5.94. The van der Waals surface area contributed by atoms with Gasteiger partial charge in [-0.05, 0) is 86.7 Å². The number of anilines is 1. The van der Waals surface area contributed by atoms with Gasteiger partial charge in [-0.2, -0.15) is 0 Å². The van der Waals surface area contributed by atoms with E-state index in [9.17, 15) is 9.59 Å². The molecule has 3 aromatic carbocycles. The predicted molar refractivity (Wildman–Crippen MR) is 221 cm³/mol. The van der Waals surface area contributed by atoms with Crippen LogP contribution in [0.25, 0.3) is 21.8 Å². The van der Waals surface area contributed by atoms with Crippen LogP contribution in [0.5, 0.6) is 0 Å². The third-order valence-corrected chi connectivity index (χ3v) is 8.35. The van der Waals surface area contributed by atoms with Gasteiger partial charge in [-0.3, -0.25) is 9.59 Å². The fraction of sp³-hybridized carbons (Fsp3) is 0.409. The Balaban J connectivity index is 0.000000271. The summed E-state index contributed by atoms with van der Waals surface area (Å²) in [5.74, 6) is 7.65. The first-order valence-corrected chi connectivity index (χ1v) is 18.8. The number of azide groups is 1. The monoisotopic (exact) mass is 744 g/mol. The molecule has 0 spiro atoms. The molecule has 1 aliphatic carbocycles. The summed E-state index contributed by atoms with van der Waals surface area (Å²) in [5.41, 5.74) is 13.7. The molecule has 0 radical (unpaired) electrons. The number of allylic oxidation sites excluding steroid dienone is 2. The van der Waals surface area contributed by atoms with E-state index in [0.29, 0.717) is 37.6 Å². The van der Waals surface area contributed by atoms with Crippen LogP contribution in [0, 0.1) is 18.8 Å². The summed E-state index contributed by atoms with van der Waals surface area (Å²) in [6, 6.07) is 24.0. The minimum Gasteiger partial charge on any atom is -0.462 e. The molecule has 1 atom stereocenters. The maximum atomic E-state index is 12.3. The third-order valence-electron chi connectivity index (χ3n) is 8.35. The van der Waals surface area contributed by atoms with Gasteiger partial charge in [0.25, 0.3) is 0 Å².